The van der Waals surface area contributed by atoms with Crippen molar-refractivity contribution in [3.63, 3.8) is 0 Å². The minimum Gasteiger partial charge on any atom is -0.356 e. The van der Waals surface area contributed by atoms with Crippen molar-refractivity contribution in [2.24, 2.45) is 0 Å². The van der Waals surface area contributed by atoms with Gasteiger partial charge < -0.3 is 9.88 Å². The van der Waals surface area contributed by atoms with Crippen LogP contribution in [0.25, 0.3) is 10.9 Å². The molecule has 0 saturated heterocycles. The van der Waals surface area contributed by atoms with Gasteiger partial charge in [0.1, 0.15) is 11.9 Å². The number of hydrogen-bond donors (Lipinski definition) is 1. The number of rotatable bonds is 2. The van der Waals surface area contributed by atoms with Crippen molar-refractivity contribution < 1.29 is 9.18 Å². The van der Waals surface area contributed by atoms with E-state index in [1.165, 1.54) is 23.0 Å². The zero-order valence-electron chi connectivity index (χ0n) is 14.5. The number of thiophene rings is 1. The van der Waals surface area contributed by atoms with E-state index in [2.05, 4.69) is 11.1 Å². The Morgan fingerprint density at radius 3 is 2.70 bits per heavy atom. The van der Waals surface area contributed by atoms with Crippen molar-refractivity contribution in [2.45, 2.75) is 12.5 Å². The molecule has 0 fully saturated rings. The third-order valence-electron chi connectivity index (χ3n) is 5.23. The number of H-pyrrole nitrogens is 1. The van der Waals surface area contributed by atoms with Crippen LogP contribution in [0.4, 0.5) is 4.39 Å². The van der Waals surface area contributed by atoms with Gasteiger partial charge >= 0.3 is 0 Å². The SMILES string of the molecule is O=C(c1cccs1)N1CCc2c([nH]c3ccccc23)C1c1ccccc1F. The molecule has 27 heavy (non-hydrogen) atoms. The maximum absolute atomic E-state index is 14.8. The molecule has 1 aliphatic rings. The number of para-hydroxylation sites is 1. The average molecular weight is 376 g/mol. The number of amides is 1. The molecule has 0 radical (unpaired) electrons. The standard InChI is InChI=1S/C22H17FN2OS/c23-17-8-3-1-7-16(17)21-20-15(14-6-2-4-9-18(14)24-20)11-12-25(21)22(26)19-10-5-13-27-19/h1-10,13,21,24H,11-12H2. The van der Waals surface area contributed by atoms with Gasteiger partial charge in [-0.1, -0.05) is 42.5 Å². The molecule has 0 aliphatic carbocycles. The second kappa shape index (κ2) is 6.35. The summed E-state index contributed by atoms with van der Waals surface area (Å²) in [6.07, 6.45) is 0.751. The maximum atomic E-state index is 14.8. The van der Waals surface area contributed by atoms with Crippen LogP contribution in [-0.4, -0.2) is 22.3 Å². The van der Waals surface area contributed by atoms with Gasteiger partial charge in [0.05, 0.1) is 4.88 Å². The van der Waals surface area contributed by atoms with E-state index in [0.717, 1.165) is 23.0 Å². The number of halogens is 1. The zero-order chi connectivity index (χ0) is 18.4. The second-order valence-electron chi connectivity index (χ2n) is 6.71. The van der Waals surface area contributed by atoms with Crippen LogP contribution in [0.1, 0.15) is 32.5 Å². The van der Waals surface area contributed by atoms with Crippen molar-refractivity contribution in [1.82, 2.24) is 9.88 Å². The van der Waals surface area contributed by atoms with Crippen molar-refractivity contribution in [3.8, 4) is 0 Å². The van der Waals surface area contributed by atoms with E-state index in [-0.39, 0.29) is 11.7 Å². The van der Waals surface area contributed by atoms with Crippen LogP contribution in [0, 0.1) is 5.82 Å². The maximum Gasteiger partial charge on any atom is 0.264 e. The molecule has 2 aromatic heterocycles. The molecule has 0 bridgehead atoms. The number of carbonyl (C=O) groups is 1. The van der Waals surface area contributed by atoms with Crippen LogP contribution in [0.3, 0.4) is 0 Å². The fourth-order valence-corrected chi connectivity index (χ4v) is 4.70. The van der Waals surface area contributed by atoms with Gasteiger partial charge in [0.2, 0.25) is 0 Å². The summed E-state index contributed by atoms with van der Waals surface area (Å²) < 4.78 is 14.8. The molecule has 5 rings (SSSR count). The van der Waals surface area contributed by atoms with E-state index in [9.17, 15) is 9.18 Å². The molecule has 1 amide bonds. The Morgan fingerprint density at radius 2 is 1.89 bits per heavy atom. The monoisotopic (exact) mass is 376 g/mol. The van der Waals surface area contributed by atoms with Gasteiger partial charge in [-0.3, -0.25) is 4.79 Å². The van der Waals surface area contributed by atoms with Crippen molar-refractivity contribution in [3.05, 3.63) is 93.6 Å². The molecule has 0 saturated carbocycles. The molecule has 5 heteroatoms. The number of nitrogens with zero attached hydrogens (tertiary/aromatic N) is 1. The first-order valence-corrected chi connectivity index (χ1v) is 9.80. The highest BCUT2D eigenvalue weighted by Crippen LogP contribution is 2.40. The van der Waals surface area contributed by atoms with E-state index < -0.39 is 6.04 Å². The lowest BCUT2D eigenvalue weighted by Crippen LogP contribution is -2.40. The lowest BCUT2D eigenvalue weighted by Gasteiger charge is -2.36. The lowest BCUT2D eigenvalue weighted by atomic mass is 9.92. The Labute approximate surface area is 160 Å². The predicted molar refractivity (Wildman–Crippen MR) is 106 cm³/mol. The van der Waals surface area contributed by atoms with E-state index in [4.69, 9.17) is 0 Å². The molecule has 1 N–H and O–H groups in total. The van der Waals surface area contributed by atoms with Crippen LogP contribution in [0.5, 0.6) is 0 Å². The minimum atomic E-state index is -0.461. The van der Waals surface area contributed by atoms with Crippen molar-refractivity contribution in [1.29, 1.82) is 0 Å². The van der Waals surface area contributed by atoms with E-state index in [1.54, 1.807) is 17.0 Å². The number of fused-ring (bicyclic) bond motifs is 3. The first kappa shape index (κ1) is 16.3. The first-order valence-electron chi connectivity index (χ1n) is 8.92. The highest BCUT2D eigenvalue weighted by atomic mass is 32.1. The number of aromatic amines is 1. The highest BCUT2D eigenvalue weighted by molar-refractivity contribution is 7.12. The Balaban J connectivity index is 1.71. The Morgan fingerprint density at radius 1 is 1.07 bits per heavy atom. The number of hydrogen-bond acceptors (Lipinski definition) is 2. The Kier molecular flexibility index (Phi) is 3.83. The van der Waals surface area contributed by atoms with Gasteiger partial charge in [-0.25, -0.2) is 4.39 Å². The molecule has 2 aromatic carbocycles. The summed E-state index contributed by atoms with van der Waals surface area (Å²) in [6, 6.07) is 18.1. The van der Waals surface area contributed by atoms with Gasteiger partial charge in [0, 0.05) is 28.7 Å². The van der Waals surface area contributed by atoms with Gasteiger partial charge in [-0.15, -0.1) is 11.3 Å². The quantitative estimate of drug-likeness (QED) is 0.516. The van der Waals surface area contributed by atoms with E-state index in [0.29, 0.717) is 17.0 Å². The molecule has 1 atom stereocenters. The molecule has 3 nitrogen and oxygen atoms in total. The molecule has 1 aliphatic heterocycles. The third kappa shape index (κ3) is 2.58. The van der Waals surface area contributed by atoms with E-state index in [1.807, 2.05) is 41.8 Å². The van der Waals surface area contributed by atoms with Crippen molar-refractivity contribution >= 4 is 28.1 Å². The van der Waals surface area contributed by atoms with Gasteiger partial charge in [-0.2, -0.15) is 0 Å². The molecule has 0 spiro atoms. The van der Waals surface area contributed by atoms with Crippen LogP contribution in [0.15, 0.2) is 66.0 Å². The summed E-state index contributed by atoms with van der Waals surface area (Å²) in [5.41, 5.74) is 3.63. The summed E-state index contributed by atoms with van der Waals surface area (Å²) >= 11 is 1.42. The molecule has 3 heterocycles. The number of carbonyl (C=O) groups excluding carboxylic acids is 1. The largest absolute Gasteiger partial charge is 0.356 e. The van der Waals surface area contributed by atoms with Gasteiger partial charge in [0.25, 0.3) is 5.91 Å². The molecular weight excluding hydrogens is 359 g/mol. The zero-order valence-corrected chi connectivity index (χ0v) is 15.3. The molecule has 1 unspecified atom stereocenters. The predicted octanol–water partition coefficient (Wildman–Crippen LogP) is 5.16. The van der Waals surface area contributed by atoms with Crippen LogP contribution < -0.4 is 0 Å². The summed E-state index contributed by atoms with van der Waals surface area (Å²) in [7, 11) is 0. The minimum absolute atomic E-state index is 0.0532. The normalized spacial score (nSPS) is 16.5. The summed E-state index contributed by atoms with van der Waals surface area (Å²) in [5, 5.41) is 3.04. The number of benzene rings is 2. The van der Waals surface area contributed by atoms with Crippen molar-refractivity contribution in [2.75, 3.05) is 6.54 Å². The van der Waals surface area contributed by atoms with E-state index >= 15 is 0 Å². The smallest absolute Gasteiger partial charge is 0.264 e. The summed E-state index contributed by atoms with van der Waals surface area (Å²) in [6.45, 7) is 0.560. The highest BCUT2D eigenvalue weighted by Gasteiger charge is 2.36. The first-order chi connectivity index (χ1) is 13.2. The fraction of sp³-hybridized carbons (Fsp3) is 0.136. The van der Waals surface area contributed by atoms with Crippen LogP contribution in [-0.2, 0) is 6.42 Å². The Bertz CT molecular complexity index is 1130. The molecular formula is C22H17FN2OS. The third-order valence-corrected chi connectivity index (χ3v) is 6.08. The second-order valence-corrected chi connectivity index (χ2v) is 7.66. The van der Waals surface area contributed by atoms with Gasteiger partial charge in [-0.05, 0) is 35.6 Å². The summed E-state index contributed by atoms with van der Waals surface area (Å²) in [4.78, 5) is 19.1. The number of aromatic nitrogens is 1. The van der Waals surface area contributed by atoms with Gasteiger partial charge in [0.15, 0.2) is 0 Å². The lowest BCUT2D eigenvalue weighted by molar-refractivity contribution is 0.0694. The number of nitrogens with one attached hydrogen (secondary N) is 1. The topological polar surface area (TPSA) is 36.1 Å². The summed E-state index contributed by atoms with van der Waals surface area (Å²) in [5.74, 6) is -0.347. The average Bonchev–Trinajstić information content (AvgIpc) is 3.35. The van der Waals surface area contributed by atoms with Crippen LogP contribution >= 0.6 is 11.3 Å². The fourth-order valence-electron chi connectivity index (χ4n) is 4.02. The van der Waals surface area contributed by atoms with Crippen LogP contribution in [0.2, 0.25) is 0 Å². The Hall–Kier alpha value is -2.92. The molecule has 4 aromatic rings. The molecule has 134 valence electrons.